The number of rotatable bonds is 6. The Hall–Kier alpha value is -0.860. The fourth-order valence-corrected chi connectivity index (χ4v) is 3.73. The molecule has 0 spiro atoms. The maximum absolute atomic E-state index is 10.8. The van der Waals surface area contributed by atoms with Crippen molar-refractivity contribution in [3.8, 4) is 0 Å². The highest BCUT2D eigenvalue weighted by Crippen LogP contribution is 2.39. The highest BCUT2D eigenvalue weighted by atomic mass is 16.3. The van der Waals surface area contributed by atoms with Gasteiger partial charge in [-0.25, -0.2) is 0 Å². The number of aliphatic hydroxyl groups is 1. The molecule has 1 aromatic rings. The van der Waals surface area contributed by atoms with Gasteiger partial charge in [-0.2, -0.15) is 0 Å². The van der Waals surface area contributed by atoms with Gasteiger partial charge in [0.15, 0.2) is 0 Å². The first-order valence-electron chi connectivity index (χ1n) is 7.70. The molecule has 1 aromatic carbocycles. The van der Waals surface area contributed by atoms with Crippen LogP contribution in [0.5, 0.6) is 0 Å². The molecule has 2 nitrogen and oxygen atoms in total. The summed E-state index contributed by atoms with van der Waals surface area (Å²) in [6, 6.07) is 10.4. The van der Waals surface area contributed by atoms with E-state index >= 15 is 0 Å². The van der Waals surface area contributed by atoms with E-state index in [4.69, 9.17) is 0 Å². The zero-order valence-corrected chi connectivity index (χ0v) is 12.3. The molecule has 106 valence electrons. The van der Waals surface area contributed by atoms with E-state index in [1.165, 1.54) is 18.4 Å². The van der Waals surface area contributed by atoms with Crippen molar-refractivity contribution >= 4 is 0 Å². The molecule has 1 fully saturated rings. The third-order valence-electron chi connectivity index (χ3n) is 4.75. The van der Waals surface area contributed by atoms with Crippen molar-refractivity contribution in [2.45, 2.75) is 57.6 Å². The van der Waals surface area contributed by atoms with Gasteiger partial charge in [-0.15, -0.1) is 0 Å². The molecule has 2 rings (SSSR count). The minimum Gasteiger partial charge on any atom is -0.391 e. The zero-order chi connectivity index (χ0) is 13.7. The summed E-state index contributed by atoms with van der Waals surface area (Å²) in [6.45, 7) is 6.47. The molecule has 0 heterocycles. The molecule has 1 unspecified atom stereocenters. The Bertz CT molecular complexity index is 366. The van der Waals surface area contributed by atoms with E-state index in [1.807, 2.05) is 6.07 Å². The normalized spacial score (nSPS) is 19.8. The summed E-state index contributed by atoms with van der Waals surface area (Å²) in [5, 5.41) is 10.8. The first kappa shape index (κ1) is 14.5. The fourth-order valence-electron chi connectivity index (χ4n) is 3.73. The number of hydrogen-bond donors (Lipinski definition) is 1. The SMILES string of the molecule is CCN(CC)C1(C(O)Cc2ccccc2)CCCC1. The second-order valence-electron chi connectivity index (χ2n) is 5.69. The molecule has 1 aliphatic rings. The van der Waals surface area contributed by atoms with Crippen LogP contribution in [0.3, 0.4) is 0 Å². The van der Waals surface area contributed by atoms with Crippen LogP contribution in [0.25, 0.3) is 0 Å². The van der Waals surface area contributed by atoms with Crippen LogP contribution in [-0.4, -0.2) is 34.7 Å². The summed E-state index contributed by atoms with van der Waals surface area (Å²) in [7, 11) is 0. The smallest absolute Gasteiger partial charge is 0.0764 e. The Kier molecular flexibility index (Phi) is 5.00. The predicted octanol–water partition coefficient (Wildman–Crippen LogP) is 3.24. The number of nitrogens with zero attached hydrogens (tertiary/aromatic N) is 1. The van der Waals surface area contributed by atoms with E-state index in [0.717, 1.165) is 32.4 Å². The first-order valence-corrected chi connectivity index (χ1v) is 7.70. The highest BCUT2D eigenvalue weighted by Gasteiger charge is 2.44. The lowest BCUT2D eigenvalue weighted by atomic mass is 9.84. The van der Waals surface area contributed by atoms with Crippen molar-refractivity contribution in [2.24, 2.45) is 0 Å². The summed E-state index contributed by atoms with van der Waals surface area (Å²) in [5.41, 5.74) is 1.26. The van der Waals surface area contributed by atoms with Crippen LogP contribution in [-0.2, 0) is 6.42 Å². The third kappa shape index (κ3) is 3.01. The van der Waals surface area contributed by atoms with Crippen LogP contribution in [0, 0.1) is 0 Å². The number of benzene rings is 1. The Morgan fingerprint density at radius 2 is 1.68 bits per heavy atom. The van der Waals surface area contributed by atoms with Crippen molar-refractivity contribution in [3.63, 3.8) is 0 Å². The first-order chi connectivity index (χ1) is 9.23. The van der Waals surface area contributed by atoms with Gasteiger partial charge in [-0.05, 0) is 31.5 Å². The van der Waals surface area contributed by atoms with Gasteiger partial charge >= 0.3 is 0 Å². The molecule has 0 amide bonds. The van der Waals surface area contributed by atoms with Gasteiger partial charge < -0.3 is 5.11 Å². The molecule has 0 radical (unpaired) electrons. The van der Waals surface area contributed by atoms with Gasteiger partial charge in [0, 0.05) is 12.0 Å². The van der Waals surface area contributed by atoms with Crippen LogP contribution >= 0.6 is 0 Å². The van der Waals surface area contributed by atoms with E-state index in [1.54, 1.807) is 0 Å². The average molecular weight is 261 g/mol. The van der Waals surface area contributed by atoms with Crippen molar-refractivity contribution in [3.05, 3.63) is 35.9 Å². The van der Waals surface area contributed by atoms with Crippen LogP contribution in [0.15, 0.2) is 30.3 Å². The zero-order valence-electron chi connectivity index (χ0n) is 12.3. The topological polar surface area (TPSA) is 23.5 Å². The number of likely N-dealkylation sites (N-methyl/N-ethyl adjacent to an activating group) is 1. The van der Waals surface area contributed by atoms with Crippen LogP contribution in [0.4, 0.5) is 0 Å². The van der Waals surface area contributed by atoms with E-state index in [9.17, 15) is 5.11 Å². The highest BCUT2D eigenvalue weighted by molar-refractivity contribution is 5.17. The maximum Gasteiger partial charge on any atom is 0.0764 e. The molecule has 1 saturated carbocycles. The summed E-state index contributed by atoms with van der Waals surface area (Å²) in [4.78, 5) is 2.48. The Labute approximate surface area is 117 Å². The van der Waals surface area contributed by atoms with Crippen LogP contribution < -0.4 is 0 Å². The Morgan fingerprint density at radius 3 is 2.21 bits per heavy atom. The standard InChI is InChI=1S/C17H27NO/c1-3-18(4-2)17(12-8-9-13-17)16(19)14-15-10-6-5-7-11-15/h5-7,10-11,16,19H,3-4,8-9,12-14H2,1-2H3. The van der Waals surface area contributed by atoms with Gasteiger partial charge in [0.2, 0.25) is 0 Å². The van der Waals surface area contributed by atoms with Gasteiger partial charge in [-0.1, -0.05) is 57.0 Å². The van der Waals surface area contributed by atoms with Crippen molar-refractivity contribution in [1.82, 2.24) is 4.90 Å². The minimum atomic E-state index is -0.253. The molecule has 19 heavy (non-hydrogen) atoms. The Morgan fingerprint density at radius 1 is 1.11 bits per heavy atom. The summed E-state index contributed by atoms with van der Waals surface area (Å²) < 4.78 is 0. The lowest BCUT2D eigenvalue weighted by Crippen LogP contribution is -2.55. The minimum absolute atomic E-state index is 0.0132. The predicted molar refractivity (Wildman–Crippen MR) is 80.3 cm³/mol. The lowest BCUT2D eigenvalue weighted by Gasteiger charge is -2.44. The van der Waals surface area contributed by atoms with Crippen LogP contribution in [0.2, 0.25) is 0 Å². The monoisotopic (exact) mass is 261 g/mol. The largest absolute Gasteiger partial charge is 0.391 e. The molecule has 0 saturated heterocycles. The number of aliphatic hydroxyl groups excluding tert-OH is 1. The molecule has 0 aromatic heterocycles. The van der Waals surface area contributed by atoms with Gasteiger partial charge in [0.25, 0.3) is 0 Å². The molecule has 0 aliphatic heterocycles. The second-order valence-corrected chi connectivity index (χ2v) is 5.69. The summed E-state index contributed by atoms with van der Waals surface area (Å²) in [5.74, 6) is 0. The van der Waals surface area contributed by atoms with Gasteiger partial charge in [0.1, 0.15) is 0 Å². The molecule has 1 N–H and O–H groups in total. The molecule has 1 atom stereocenters. The molecule has 1 aliphatic carbocycles. The van der Waals surface area contributed by atoms with Gasteiger partial charge in [-0.3, -0.25) is 4.90 Å². The molecular formula is C17H27NO. The Balaban J connectivity index is 2.14. The van der Waals surface area contributed by atoms with Crippen LogP contribution in [0.1, 0.15) is 45.1 Å². The summed E-state index contributed by atoms with van der Waals surface area (Å²) in [6.07, 6.45) is 5.31. The summed E-state index contributed by atoms with van der Waals surface area (Å²) >= 11 is 0. The fraction of sp³-hybridized carbons (Fsp3) is 0.647. The van der Waals surface area contributed by atoms with Crippen molar-refractivity contribution in [1.29, 1.82) is 0 Å². The quantitative estimate of drug-likeness (QED) is 0.849. The van der Waals surface area contributed by atoms with Crippen molar-refractivity contribution < 1.29 is 5.11 Å². The lowest BCUT2D eigenvalue weighted by molar-refractivity contribution is -0.0244. The van der Waals surface area contributed by atoms with Gasteiger partial charge in [0.05, 0.1) is 6.10 Å². The van der Waals surface area contributed by atoms with E-state index in [2.05, 4.69) is 43.0 Å². The number of hydrogen-bond acceptors (Lipinski definition) is 2. The van der Waals surface area contributed by atoms with Crippen molar-refractivity contribution in [2.75, 3.05) is 13.1 Å². The van der Waals surface area contributed by atoms with E-state index in [-0.39, 0.29) is 11.6 Å². The maximum atomic E-state index is 10.8. The average Bonchev–Trinajstić information content (AvgIpc) is 2.92. The van der Waals surface area contributed by atoms with E-state index in [0.29, 0.717) is 0 Å². The molecule has 0 bridgehead atoms. The second kappa shape index (κ2) is 6.53. The third-order valence-corrected chi connectivity index (χ3v) is 4.75. The molecule has 2 heteroatoms. The molecular weight excluding hydrogens is 234 g/mol. The van der Waals surface area contributed by atoms with E-state index < -0.39 is 0 Å².